The van der Waals surface area contributed by atoms with E-state index in [2.05, 4.69) is 9.97 Å². The first-order chi connectivity index (χ1) is 7.97. The molecular weight excluding hydrogens is 216 g/mol. The molecule has 94 valence electrons. The fourth-order valence-electron chi connectivity index (χ4n) is 1.49. The second-order valence-electron chi connectivity index (χ2n) is 4.56. The predicted octanol–water partition coefficient (Wildman–Crippen LogP) is 2.90. The van der Waals surface area contributed by atoms with Crippen molar-refractivity contribution in [2.24, 2.45) is 0 Å². The van der Waals surface area contributed by atoms with Crippen molar-refractivity contribution >= 4 is 5.97 Å². The highest BCUT2D eigenvalue weighted by Crippen LogP contribution is 2.20. The monoisotopic (exact) mass is 236 g/mol. The average molecular weight is 236 g/mol. The largest absolute Gasteiger partial charge is 0.462 e. The van der Waals surface area contributed by atoms with Crippen molar-refractivity contribution in [3.8, 4) is 0 Å². The smallest absolute Gasteiger partial charge is 0.341 e. The molecule has 0 amide bonds. The minimum Gasteiger partial charge on any atom is -0.462 e. The van der Waals surface area contributed by atoms with Crippen molar-refractivity contribution in [3.05, 3.63) is 23.3 Å². The van der Waals surface area contributed by atoms with Crippen molar-refractivity contribution in [1.29, 1.82) is 0 Å². The van der Waals surface area contributed by atoms with Crippen molar-refractivity contribution in [2.75, 3.05) is 6.61 Å². The average Bonchev–Trinajstić information content (AvgIpc) is 2.28. The van der Waals surface area contributed by atoms with Crippen LogP contribution in [0.15, 0.2) is 6.20 Å². The summed E-state index contributed by atoms with van der Waals surface area (Å²) in [6, 6.07) is 0. The Bertz CT molecular complexity index is 400. The zero-order valence-electron chi connectivity index (χ0n) is 11.2. The lowest BCUT2D eigenvalue weighted by molar-refractivity contribution is 0.0523. The lowest BCUT2D eigenvalue weighted by Gasteiger charge is -2.13. The molecule has 0 bridgehead atoms. The van der Waals surface area contributed by atoms with E-state index < -0.39 is 0 Å². The third-order valence-electron chi connectivity index (χ3n) is 2.40. The zero-order valence-corrected chi connectivity index (χ0v) is 11.2. The first-order valence-corrected chi connectivity index (χ1v) is 6.01. The molecule has 4 nitrogen and oxygen atoms in total. The summed E-state index contributed by atoms with van der Waals surface area (Å²) in [7, 11) is 0. The van der Waals surface area contributed by atoms with E-state index in [-0.39, 0.29) is 17.8 Å². The number of hydrogen-bond acceptors (Lipinski definition) is 4. The molecule has 0 saturated heterocycles. The Morgan fingerprint density at radius 2 is 1.94 bits per heavy atom. The number of carbonyl (C=O) groups is 1. The van der Waals surface area contributed by atoms with Crippen LogP contribution in [0.2, 0.25) is 0 Å². The summed E-state index contributed by atoms with van der Waals surface area (Å²) in [6.45, 7) is 10.2. The molecule has 0 saturated carbocycles. The highest BCUT2D eigenvalue weighted by Gasteiger charge is 2.18. The quantitative estimate of drug-likeness (QED) is 0.754. The number of nitrogens with zero attached hydrogens (tertiary/aromatic N) is 2. The Balaban J connectivity index is 3.17. The predicted molar refractivity (Wildman–Crippen MR) is 66.2 cm³/mol. The van der Waals surface area contributed by atoms with Gasteiger partial charge in [-0.2, -0.15) is 0 Å². The molecule has 0 aliphatic carbocycles. The number of esters is 1. The second kappa shape index (κ2) is 5.75. The van der Waals surface area contributed by atoms with Crippen molar-refractivity contribution in [3.63, 3.8) is 0 Å². The van der Waals surface area contributed by atoms with Crippen LogP contribution in [-0.4, -0.2) is 22.5 Å². The van der Waals surface area contributed by atoms with Gasteiger partial charge in [-0.1, -0.05) is 27.7 Å². The minimum atomic E-state index is -0.341. The third-order valence-corrected chi connectivity index (χ3v) is 2.40. The summed E-state index contributed by atoms with van der Waals surface area (Å²) >= 11 is 0. The van der Waals surface area contributed by atoms with Gasteiger partial charge in [0.05, 0.1) is 17.9 Å². The Morgan fingerprint density at radius 3 is 2.41 bits per heavy atom. The van der Waals surface area contributed by atoms with Gasteiger partial charge in [-0.25, -0.2) is 14.8 Å². The van der Waals surface area contributed by atoms with Crippen molar-refractivity contribution in [1.82, 2.24) is 9.97 Å². The molecule has 4 heteroatoms. The third kappa shape index (κ3) is 3.25. The van der Waals surface area contributed by atoms with Crippen LogP contribution in [0.5, 0.6) is 0 Å². The minimum absolute atomic E-state index is 0.176. The van der Waals surface area contributed by atoms with E-state index in [0.717, 1.165) is 11.5 Å². The van der Waals surface area contributed by atoms with Gasteiger partial charge in [0, 0.05) is 12.1 Å². The lowest BCUT2D eigenvalue weighted by Crippen LogP contribution is -2.13. The molecule has 0 aliphatic rings. The van der Waals surface area contributed by atoms with Crippen LogP contribution in [0.4, 0.5) is 0 Å². The summed E-state index contributed by atoms with van der Waals surface area (Å²) < 4.78 is 5.00. The fourth-order valence-corrected chi connectivity index (χ4v) is 1.49. The maximum absolute atomic E-state index is 11.7. The second-order valence-corrected chi connectivity index (χ2v) is 4.56. The van der Waals surface area contributed by atoms with Crippen molar-refractivity contribution < 1.29 is 9.53 Å². The van der Waals surface area contributed by atoms with Gasteiger partial charge in [-0.15, -0.1) is 0 Å². The van der Waals surface area contributed by atoms with E-state index in [1.165, 1.54) is 0 Å². The van der Waals surface area contributed by atoms with E-state index in [9.17, 15) is 4.79 Å². The molecule has 1 aromatic rings. The van der Waals surface area contributed by atoms with Gasteiger partial charge in [0.1, 0.15) is 5.82 Å². The molecule has 0 aliphatic heterocycles. The van der Waals surface area contributed by atoms with Gasteiger partial charge in [-0.3, -0.25) is 0 Å². The molecule has 0 spiro atoms. The van der Waals surface area contributed by atoms with E-state index in [4.69, 9.17) is 4.74 Å². The van der Waals surface area contributed by atoms with E-state index in [1.54, 1.807) is 13.1 Å². The Kier molecular flexibility index (Phi) is 4.61. The lowest BCUT2D eigenvalue weighted by atomic mass is 10.0. The van der Waals surface area contributed by atoms with Crippen LogP contribution in [0.1, 0.15) is 68.3 Å². The molecule has 17 heavy (non-hydrogen) atoms. The summed E-state index contributed by atoms with van der Waals surface area (Å²) in [6.07, 6.45) is 1.58. The maximum atomic E-state index is 11.7. The highest BCUT2D eigenvalue weighted by atomic mass is 16.5. The normalized spacial score (nSPS) is 11.0. The summed E-state index contributed by atoms with van der Waals surface area (Å²) in [5.41, 5.74) is 1.24. The van der Waals surface area contributed by atoms with Crippen molar-refractivity contribution in [2.45, 2.75) is 46.5 Å². The molecule has 1 rings (SSSR count). The van der Waals surface area contributed by atoms with Gasteiger partial charge in [0.2, 0.25) is 0 Å². The summed E-state index contributed by atoms with van der Waals surface area (Å²) in [5.74, 6) is 0.854. The van der Waals surface area contributed by atoms with Gasteiger partial charge in [0.25, 0.3) is 0 Å². The standard InChI is InChI=1S/C13H20N2O2/c1-6-17-13(16)10-7-14-12(9(4)5)15-11(10)8(2)3/h7-9H,6H2,1-5H3. The van der Waals surface area contributed by atoms with E-state index in [0.29, 0.717) is 12.2 Å². The molecule has 0 N–H and O–H groups in total. The summed E-state index contributed by atoms with van der Waals surface area (Å²) in [4.78, 5) is 20.4. The van der Waals surface area contributed by atoms with E-state index in [1.807, 2.05) is 27.7 Å². The molecule has 0 fully saturated rings. The van der Waals surface area contributed by atoms with Crippen LogP contribution in [0, 0.1) is 0 Å². The number of carbonyl (C=O) groups excluding carboxylic acids is 1. The molecule has 0 aromatic carbocycles. The Labute approximate surface area is 102 Å². The van der Waals surface area contributed by atoms with E-state index >= 15 is 0 Å². The molecule has 0 atom stereocenters. The summed E-state index contributed by atoms with van der Waals surface area (Å²) in [5, 5.41) is 0. The van der Waals surface area contributed by atoms with Gasteiger partial charge in [-0.05, 0) is 12.8 Å². The number of aromatic nitrogens is 2. The van der Waals surface area contributed by atoms with Crippen LogP contribution in [0.25, 0.3) is 0 Å². The van der Waals surface area contributed by atoms with Gasteiger partial charge < -0.3 is 4.74 Å². The molecule has 1 heterocycles. The number of ether oxygens (including phenoxy) is 1. The number of hydrogen-bond donors (Lipinski definition) is 0. The first kappa shape index (κ1) is 13.6. The highest BCUT2D eigenvalue weighted by molar-refractivity contribution is 5.90. The van der Waals surface area contributed by atoms with Crippen LogP contribution in [-0.2, 0) is 4.74 Å². The van der Waals surface area contributed by atoms with Gasteiger partial charge in [0.15, 0.2) is 0 Å². The Hall–Kier alpha value is -1.45. The molecule has 0 unspecified atom stereocenters. The molecular formula is C13H20N2O2. The van der Waals surface area contributed by atoms with Crippen LogP contribution < -0.4 is 0 Å². The molecule has 0 radical (unpaired) electrons. The van der Waals surface area contributed by atoms with Crippen LogP contribution >= 0.6 is 0 Å². The first-order valence-electron chi connectivity index (χ1n) is 6.01. The topological polar surface area (TPSA) is 52.1 Å². The van der Waals surface area contributed by atoms with Crippen LogP contribution in [0.3, 0.4) is 0 Å². The Morgan fingerprint density at radius 1 is 1.29 bits per heavy atom. The molecule has 1 aromatic heterocycles. The number of rotatable bonds is 4. The maximum Gasteiger partial charge on any atom is 0.341 e. The van der Waals surface area contributed by atoms with Gasteiger partial charge >= 0.3 is 5.97 Å². The fraction of sp³-hybridized carbons (Fsp3) is 0.615. The SMILES string of the molecule is CCOC(=O)c1cnc(C(C)C)nc1C(C)C. The zero-order chi connectivity index (χ0) is 13.0.